The van der Waals surface area contributed by atoms with E-state index in [0.717, 1.165) is 6.42 Å². The molecule has 0 bridgehead atoms. The third-order valence-corrected chi connectivity index (χ3v) is 4.93. The summed E-state index contributed by atoms with van der Waals surface area (Å²) < 4.78 is 27.6. The van der Waals surface area contributed by atoms with Crippen LogP contribution in [0.4, 0.5) is 5.69 Å². The van der Waals surface area contributed by atoms with Crippen molar-refractivity contribution < 1.29 is 13.2 Å². The Balaban J connectivity index is 2.40. The monoisotopic (exact) mass is 335 g/mol. The van der Waals surface area contributed by atoms with Crippen molar-refractivity contribution in [2.45, 2.75) is 24.7 Å². The van der Waals surface area contributed by atoms with Crippen molar-refractivity contribution in [3.05, 3.63) is 36.4 Å². The lowest BCUT2D eigenvalue weighted by molar-refractivity contribution is -0.114. The maximum Gasteiger partial charge on any atom is 0.241 e. The molecule has 0 spiro atoms. The molecule has 0 fully saturated rings. The summed E-state index contributed by atoms with van der Waals surface area (Å²) in [5, 5.41) is 3.98. The van der Waals surface area contributed by atoms with E-state index in [2.05, 4.69) is 10.0 Å². The van der Waals surface area contributed by atoms with Gasteiger partial charge in [-0.25, -0.2) is 13.1 Å². The molecule has 0 radical (unpaired) electrons. The number of hydrogen-bond donors (Lipinski definition) is 3. The van der Waals surface area contributed by atoms with Gasteiger partial charge >= 0.3 is 0 Å². The fraction of sp³-hybridized carbons (Fsp3) is 0.312. The van der Waals surface area contributed by atoms with Crippen LogP contribution in [0.1, 0.15) is 19.8 Å². The molecule has 7 heteroatoms. The Morgan fingerprint density at radius 2 is 1.78 bits per heavy atom. The van der Waals surface area contributed by atoms with Crippen LogP contribution in [-0.2, 0) is 14.8 Å². The number of rotatable bonds is 7. The second kappa shape index (κ2) is 7.54. The lowest BCUT2D eigenvalue weighted by Gasteiger charge is -2.13. The second-order valence-corrected chi connectivity index (χ2v) is 6.97. The van der Waals surface area contributed by atoms with Crippen LogP contribution in [0.5, 0.6) is 0 Å². The van der Waals surface area contributed by atoms with E-state index in [1.807, 2.05) is 0 Å². The molecule has 0 saturated heterocycles. The Labute approximate surface area is 136 Å². The van der Waals surface area contributed by atoms with Crippen molar-refractivity contribution in [2.75, 3.05) is 18.4 Å². The van der Waals surface area contributed by atoms with Crippen LogP contribution in [-0.4, -0.2) is 27.4 Å². The summed E-state index contributed by atoms with van der Waals surface area (Å²) in [6.07, 6.45) is 1.46. The molecule has 6 nitrogen and oxygen atoms in total. The molecule has 0 aliphatic rings. The zero-order chi connectivity index (χ0) is 16.9. The van der Waals surface area contributed by atoms with Gasteiger partial charge in [-0.1, -0.05) is 24.3 Å². The number of nitrogens with one attached hydrogen (secondary N) is 2. The van der Waals surface area contributed by atoms with Crippen LogP contribution in [0.25, 0.3) is 10.8 Å². The SMILES string of the molecule is CC(=O)Nc1ccc(S(=O)(=O)NCCCCN)c2ccccc12. The Bertz CT molecular complexity index is 803. The molecule has 1 amide bonds. The zero-order valence-electron chi connectivity index (χ0n) is 13.0. The van der Waals surface area contributed by atoms with E-state index >= 15 is 0 Å². The van der Waals surface area contributed by atoms with E-state index in [1.165, 1.54) is 13.0 Å². The Kier molecular flexibility index (Phi) is 5.70. The standard InChI is InChI=1S/C16H21N3O3S/c1-12(20)19-15-8-9-16(14-7-3-2-6-13(14)15)23(21,22)18-11-5-4-10-17/h2-3,6-9,18H,4-5,10-11,17H2,1H3,(H,19,20). The fourth-order valence-electron chi connectivity index (χ4n) is 2.36. The smallest absolute Gasteiger partial charge is 0.241 e. The van der Waals surface area contributed by atoms with E-state index in [1.54, 1.807) is 30.3 Å². The highest BCUT2D eigenvalue weighted by atomic mass is 32.2. The first-order chi connectivity index (χ1) is 11.0. The molecule has 0 aliphatic heterocycles. The Morgan fingerprint density at radius 1 is 1.09 bits per heavy atom. The molecule has 0 atom stereocenters. The van der Waals surface area contributed by atoms with Gasteiger partial charge in [-0.3, -0.25) is 4.79 Å². The van der Waals surface area contributed by atoms with E-state index in [4.69, 9.17) is 5.73 Å². The fourth-order valence-corrected chi connectivity index (χ4v) is 3.64. The third kappa shape index (κ3) is 4.28. The summed E-state index contributed by atoms with van der Waals surface area (Å²) in [4.78, 5) is 11.5. The number of anilines is 1. The number of benzene rings is 2. The van der Waals surface area contributed by atoms with E-state index in [9.17, 15) is 13.2 Å². The van der Waals surface area contributed by atoms with Gasteiger partial charge in [-0.15, -0.1) is 0 Å². The highest BCUT2D eigenvalue weighted by Gasteiger charge is 2.18. The molecule has 0 saturated carbocycles. The molecule has 124 valence electrons. The number of carbonyl (C=O) groups excluding carboxylic acids is 1. The molecule has 2 aromatic carbocycles. The number of nitrogens with two attached hydrogens (primary N) is 1. The molecule has 4 N–H and O–H groups in total. The van der Waals surface area contributed by atoms with Crippen molar-refractivity contribution in [3.8, 4) is 0 Å². The highest BCUT2D eigenvalue weighted by molar-refractivity contribution is 7.89. The van der Waals surface area contributed by atoms with Crippen LogP contribution < -0.4 is 15.8 Å². The van der Waals surface area contributed by atoms with Crippen LogP contribution in [0.3, 0.4) is 0 Å². The predicted molar refractivity (Wildman–Crippen MR) is 91.7 cm³/mol. The number of sulfonamides is 1. The first-order valence-corrected chi connectivity index (χ1v) is 8.93. The number of fused-ring (bicyclic) bond motifs is 1. The summed E-state index contributed by atoms with van der Waals surface area (Å²) in [5.74, 6) is -0.203. The van der Waals surface area contributed by atoms with Gasteiger partial charge in [0.05, 0.1) is 4.90 Å². The minimum absolute atomic E-state index is 0.203. The van der Waals surface area contributed by atoms with Gasteiger partial charge in [0.1, 0.15) is 0 Å². The van der Waals surface area contributed by atoms with Crippen LogP contribution in [0, 0.1) is 0 Å². The summed E-state index contributed by atoms with van der Waals surface area (Å²) in [5.41, 5.74) is 6.00. The average Bonchev–Trinajstić information content (AvgIpc) is 2.51. The first-order valence-electron chi connectivity index (χ1n) is 7.45. The normalized spacial score (nSPS) is 11.6. The lowest BCUT2D eigenvalue weighted by Crippen LogP contribution is -2.25. The van der Waals surface area contributed by atoms with E-state index in [0.29, 0.717) is 36.0 Å². The van der Waals surface area contributed by atoms with E-state index < -0.39 is 10.0 Å². The lowest BCUT2D eigenvalue weighted by atomic mass is 10.1. The zero-order valence-corrected chi connectivity index (χ0v) is 13.8. The highest BCUT2D eigenvalue weighted by Crippen LogP contribution is 2.29. The molecule has 2 rings (SSSR count). The third-order valence-electron chi connectivity index (χ3n) is 3.41. The van der Waals surface area contributed by atoms with Crippen molar-refractivity contribution >= 4 is 32.4 Å². The van der Waals surface area contributed by atoms with Gasteiger partial charge in [-0.05, 0) is 31.5 Å². The van der Waals surface area contributed by atoms with Crippen LogP contribution >= 0.6 is 0 Å². The predicted octanol–water partition coefficient (Wildman–Crippen LogP) is 1.82. The maximum absolute atomic E-state index is 12.5. The largest absolute Gasteiger partial charge is 0.330 e. The number of carbonyl (C=O) groups is 1. The van der Waals surface area contributed by atoms with Crippen molar-refractivity contribution in [3.63, 3.8) is 0 Å². The first kappa shape index (κ1) is 17.4. The summed E-state index contributed by atoms with van der Waals surface area (Å²) >= 11 is 0. The number of hydrogen-bond acceptors (Lipinski definition) is 4. The van der Waals surface area contributed by atoms with E-state index in [-0.39, 0.29) is 10.8 Å². The van der Waals surface area contributed by atoms with Gasteiger partial charge in [0, 0.05) is 29.9 Å². The van der Waals surface area contributed by atoms with Gasteiger partial charge in [0.15, 0.2) is 0 Å². The number of amides is 1. The molecule has 23 heavy (non-hydrogen) atoms. The molecule has 2 aromatic rings. The minimum atomic E-state index is -3.62. The molecular formula is C16H21N3O3S. The molecule has 0 heterocycles. The summed E-state index contributed by atoms with van der Waals surface area (Å²) in [7, 11) is -3.62. The second-order valence-electron chi connectivity index (χ2n) is 5.23. The average molecular weight is 335 g/mol. The van der Waals surface area contributed by atoms with Crippen molar-refractivity contribution in [1.29, 1.82) is 0 Å². The van der Waals surface area contributed by atoms with Gasteiger partial charge in [0.25, 0.3) is 0 Å². The van der Waals surface area contributed by atoms with Crippen molar-refractivity contribution in [1.82, 2.24) is 4.72 Å². The topological polar surface area (TPSA) is 101 Å². The quantitative estimate of drug-likeness (QED) is 0.672. The van der Waals surface area contributed by atoms with Crippen molar-refractivity contribution in [2.24, 2.45) is 5.73 Å². The van der Waals surface area contributed by atoms with Gasteiger partial charge < -0.3 is 11.1 Å². The van der Waals surface area contributed by atoms with Crippen LogP contribution in [0.2, 0.25) is 0 Å². The van der Waals surface area contributed by atoms with Crippen LogP contribution in [0.15, 0.2) is 41.3 Å². The molecule has 0 unspecified atom stereocenters. The summed E-state index contributed by atoms with van der Waals surface area (Å²) in [6, 6.07) is 10.2. The summed E-state index contributed by atoms with van der Waals surface area (Å²) in [6.45, 7) is 2.30. The Morgan fingerprint density at radius 3 is 2.43 bits per heavy atom. The molecule has 0 aliphatic carbocycles. The maximum atomic E-state index is 12.5. The Hall–Kier alpha value is -1.96. The minimum Gasteiger partial charge on any atom is -0.330 e. The molecule has 0 aromatic heterocycles. The van der Waals surface area contributed by atoms with Gasteiger partial charge in [-0.2, -0.15) is 0 Å². The van der Waals surface area contributed by atoms with Gasteiger partial charge in [0.2, 0.25) is 15.9 Å². The molecular weight excluding hydrogens is 314 g/mol. The number of unbranched alkanes of at least 4 members (excludes halogenated alkanes) is 1.